The molecular weight excluding hydrogens is 229 g/mol. The van der Waals surface area contributed by atoms with Gasteiger partial charge in [0.1, 0.15) is 0 Å². The highest BCUT2D eigenvalue weighted by Gasteiger charge is 2.16. The first-order valence-corrected chi connectivity index (χ1v) is 5.65. The quantitative estimate of drug-likeness (QED) is 0.666. The SMILES string of the molecule is Cc1c(-c2ccncc2F)n(N)c2ccccc12. The van der Waals surface area contributed by atoms with Crippen LogP contribution in [0.5, 0.6) is 0 Å². The van der Waals surface area contributed by atoms with E-state index in [1.54, 1.807) is 12.3 Å². The van der Waals surface area contributed by atoms with Gasteiger partial charge >= 0.3 is 0 Å². The van der Waals surface area contributed by atoms with E-state index in [-0.39, 0.29) is 5.82 Å². The number of hydrogen-bond donors (Lipinski definition) is 1. The van der Waals surface area contributed by atoms with Gasteiger partial charge in [0.25, 0.3) is 0 Å². The van der Waals surface area contributed by atoms with Crippen molar-refractivity contribution in [3.05, 3.63) is 54.1 Å². The Morgan fingerprint density at radius 2 is 2.00 bits per heavy atom. The molecule has 0 aliphatic heterocycles. The fourth-order valence-electron chi connectivity index (χ4n) is 2.33. The molecule has 0 amide bonds. The zero-order valence-corrected chi connectivity index (χ0v) is 9.89. The third-order valence-corrected chi connectivity index (χ3v) is 3.19. The van der Waals surface area contributed by atoms with E-state index in [0.29, 0.717) is 11.3 Å². The number of pyridine rings is 1. The maximum Gasteiger partial charge on any atom is 0.150 e. The van der Waals surface area contributed by atoms with Crippen LogP contribution < -0.4 is 5.84 Å². The fraction of sp³-hybridized carbons (Fsp3) is 0.0714. The van der Waals surface area contributed by atoms with Crippen molar-refractivity contribution in [3.8, 4) is 11.3 Å². The Morgan fingerprint density at radius 1 is 1.22 bits per heavy atom. The van der Waals surface area contributed by atoms with Gasteiger partial charge in [-0.05, 0) is 24.6 Å². The van der Waals surface area contributed by atoms with E-state index in [1.807, 2.05) is 31.2 Å². The predicted octanol–water partition coefficient (Wildman–Crippen LogP) is 2.86. The maximum atomic E-state index is 13.8. The summed E-state index contributed by atoms with van der Waals surface area (Å²) in [6.07, 6.45) is 2.77. The first-order valence-electron chi connectivity index (χ1n) is 5.65. The Kier molecular flexibility index (Phi) is 2.30. The molecule has 0 unspecified atom stereocenters. The number of nitrogen functional groups attached to an aromatic ring is 1. The van der Waals surface area contributed by atoms with Crippen molar-refractivity contribution in [3.63, 3.8) is 0 Å². The molecule has 2 aromatic heterocycles. The molecule has 18 heavy (non-hydrogen) atoms. The van der Waals surface area contributed by atoms with Crippen molar-refractivity contribution in [2.24, 2.45) is 0 Å². The van der Waals surface area contributed by atoms with E-state index in [1.165, 1.54) is 10.9 Å². The van der Waals surface area contributed by atoms with Gasteiger partial charge in [-0.2, -0.15) is 0 Å². The van der Waals surface area contributed by atoms with Gasteiger partial charge in [-0.25, -0.2) is 4.39 Å². The van der Waals surface area contributed by atoms with E-state index >= 15 is 0 Å². The Morgan fingerprint density at radius 3 is 2.72 bits per heavy atom. The number of fused-ring (bicyclic) bond motifs is 1. The molecule has 0 saturated heterocycles. The van der Waals surface area contributed by atoms with Crippen LogP contribution in [0.15, 0.2) is 42.7 Å². The minimum atomic E-state index is -0.366. The van der Waals surface area contributed by atoms with Crippen LogP contribution in [0.2, 0.25) is 0 Å². The summed E-state index contributed by atoms with van der Waals surface area (Å²) in [5, 5.41) is 1.03. The van der Waals surface area contributed by atoms with Crippen molar-refractivity contribution >= 4 is 10.9 Å². The number of benzene rings is 1. The van der Waals surface area contributed by atoms with E-state index in [2.05, 4.69) is 4.98 Å². The molecule has 0 spiro atoms. The number of aromatic nitrogens is 2. The van der Waals surface area contributed by atoms with E-state index < -0.39 is 0 Å². The molecule has 3 rings (SSSR count). The summed E-state index contributed by atoms with van der Waals surface area (Å²) < 4.78 is 15.4. The van der Waals surface area contributed by atoms with Crippen LogP contribution in [0.4, 0.5) is 4.39 Å². The first-order chi connectivity index (χ1) is 8.70. The minimum Gasteiger partial charge on any atom is -0.339 e. The zero-order valence-electron chi connectivity index (χ0n) is 9.89. The number of nitrogens with two attached hydrogens (primary N) is 1. The van der Waals surface area contributed by atoms with Gasteiger partial charge in [0.2, 0.25) is 0 Å². The number of halogens is 1. The molecule has 3 nitrogen and oxygen atoms in total. The van der Waals surface area contributed by atoms with Gasteiger partial charge in [0, 0.05) is 17.1 Å². The Hall–Kier alpha value is -2.36. The lowest BCUT2D eigenvalue weighted by molar-refractivity contribution is 0.623. The lowest BCUT2D eigenvalue weighted by Crippen LogP contribution is -2.10. The number of para-hydroxylation sites is 1. The maximum absolute atomic E-state index is 13.8. The number of rotatable bonds is 1. The van der Waals surface area contributed by atoms with Gasteiger partial charge < -0.3 is 5.84 Å². The summed E-state index contributed by atoms with van der Waals surface area (Å²) in [4.78, 5) is 3.76. The summed E-state index contributed by atoms with van der Waals surface area (Å²) >= 11 is 0. The predicted molar refractivity (Wildman–Crippen MR) is 70.0 cm³/mol. The molecule has 0 radical (unpaired) electrons. The van der Waals surface area contributed by atoms with Crippen LogP contribution in [0.3, 0.4) is 0 Å². The Bertz CT molecular complexity index is 692. The molecule has 0 aliphatic rings. The van der Waals surface area contributed by atoms with Crippen LogP contribution in [0, 0.1) is 12.7 Å². The van der Waals surface area contributed by atoms with Crippen LogP contribution in [0.25, 0.3) is 22.2 Å². The average molecular weight is 241 g/mol. The number of aryl methyl sites for hydroxylation is 1. The molecule has 0 atom stereocenters. The second kappa shape index (κ2) is 3.84. The number of hydrogen-bond acceptors (Lipinski definition) is 2. The highest BCUT2D eigenvalue weighted by Crippen LogP contribution is 2.32. The van der Waals surface area contributed by atoms with Crippen molar-refractivity contribution < 1.29 is 4.39 Å². The molecule has 0 saturated carbocycles. The second-order valence-electron chi connectivity index (χ2n) is 4.22. The second-order valence-corrected chi connectivity index (χ2v) is 4.22. The molecule has 2 heterocycles. The van der Waals surface area contributed by atoms with E-state index in [9.17, 15) is 4.39 Å². The lowest BCUT2D eigenvalue weighted by Gasteiger charge is -2.06. The standard InChI is InChI=1S/C14H12FN3/c1-9-10-4-2-3-5-13(10)18(16)14(9)11-6-7-17-8-12(11)15/h2-8H,16H2,1H3. The van der Waals surface area contributed by atoms with Crippen molar-refractivity contribution in [1.82, 2.24) is 9.66 Å². The molecule has 0 bridgehead atoms. The third kappa shape index (κ3) is 1.39. The topological polar surface area (TPSA) is 43.8 Å². The Labute approximate surface area is 104 Å². The summed E-state index contributed by atoms with van der Waals surface area (Å²) in [7, 11) is 0. The van der Waals surface area contributed by atoms with Gasteiger partial charge in [-0.1, -0.05) is 18.2 Å². The van der Waals surface area contributed by atoms with Crippen molar-refractivity contribution in [2.45, 2.75) is 6.92 Å². The molecule has 2 N–H and O–H groups in total. The van der Waals surface area contributed by atoms with Gasteiger partial charge in [-0.15, -0.1) is 0 Å². The van der Waals surface area contributed by atoms with Crippen molar-refractivity contribution in [1.29, 1.82) is 0 Å². The summed E-state index contributed by atoms with van der Waals surface area (Å²) in [6, 6.07) is 9.40. The van der Waals surface area contributed by atoms with Gasteiger partial charge in [-0.3, -0.25) is 9.66 Å². The van der Waals surface area contributed by atoms with Crippen LogP contribution in [0.1, 0.15) is 5.56 Å². The molecule has 90 valence electrons. The largest absolute Gasteiger partial charge is 0.339 e. The monoisotopic (exact) mass is 241 g/mol. The van der Waals surface area contributed by atoms with E-state index in [0.717, 1.165) is 16.5 Å². The normalized spacial score (nSPS) is 11.0. The fourth-order valence-corrected chi connectivity index (χ4v) is 2.33. The smallest absolute Gasteiger partial charge is 0.150 e. The number of nitrogens with zero attached hydrogens (tertiary/aromatic N) is 2. The van der Waals surface area contributed by atoms with Gasteiger partial charge in [0.05, 0.1) is 17.4 Å². The molecule has 0 aliphatic carbocycles. The first kappa shape index (κ1) is 10.8. The summed E-state index contributed by atoms with van der Waals surface area (Å²) in [5.74, 6) is 5.70. The van der Waals surface area contributed by atoms with Gasteiger partial charge in [0.15, 0.2) is 5.82 Å². The molecule has 0 fully saturated rings. The third-order valence-electron chi connectivity index (χ3n) is 3.19. The summed E-state index contributed by atoms with van der Waals surface area (Å²) in [6.45, 7) is 1.95. The highest BCUT2D eigenvalue weighted by molar-refractivity contribution is 5.91. The molecule has 3 aromatic rings. The van der Waals surface area contributed by atoms with Crippen molar-refractivity contribution in [2.75, 3.05) is 5.84 Å². The average Bonchev–Trinajstić information content (AvgIpc) is 2.64. The van der Waals surface area contributed by atoms with E-state index in [4.69, 9.17) is 5.84 Å². The Balaban J connectivity index is 2.40. The minimum absolute atomic E-state index is 0.366. The molecule has 4 heteroatoms. The summed E-state index contributed by atoms with van der Waals surface area (Å²) in [5.41, 5.74) is 3.02. The van der Waals surface area contributed by atoms with Crippen LogP contribution >= 0.6 is 0 Å². The highest BCUT2D eigenvalue weighted by atomic mass is 19.1. The lowest BCUT2D eigenvalue weighted by atomic mass is 10.1. The zero-order chi connectivity index (χ0) is 12.7. The van der Waals surface area contributed by atoms with Crippen LogP contribution in [-0.2, 0) is 0 Å². The molecule has 1 aromatic carbocycles. The molecular formula is C14H12FN3. The van der Waals surface area contributed by atoms with Crippen LogP contribution in [-0.4, -0.2) is 9.66 Å².